The van der Waals surface area contributed by atoms with Gasteiger partial charge in [-0.3, -0.25) is 4.79 Å². The van der Waals surface area contributed by atoms with Crippen LogP contribution in [-0.2, 0) is 15.1 Å². The van der Waals surface area contributed by atoms with Gasteiger partial charge in [0.2, 0.25) is 0 Å². The zero-order valence-corrected chi connectivity index (χ0v) is 12.6. The molecule has 0 unspecified atom stereocenters. The molecule has 0 bridgehead atoms. The molecule has 1 heterocycles. The molecule has 0 N–H and O–H groups in total. The largest absolute Gasteiger partial charge is 0.493 e. The lowest BCUT2D eigenvalue weighted by Gasteiger charge is -2.24. The highest BCUT2D eigenvalue weighted by atomic mass is 16.6. The van der Waals surface area contributed by atoms with Gasteiger partial charge in [0.05, 0.1) is 13.7 Å². The first-order valence-electron chi connectivity index (χ1n) is 6.98. The van der Waals surface area contributed by atoms with E-state index in [1.807, 2.05) is 25.1 Å². The van der Waals surface area contributed by atoms with E-state index in [-0.39, 0.29) is 5.97 Å². The monoisotopic (exact) mass is 278 g/mol. The molecule has 20 heavy (non-hydrogen) atoms. The lowest BCUT2D eigenvalue weighted by molar-refractivity contribution is -0.147. The molecule has 1 aliphatic rings. The number of carbonyl (C=O) groups is 1. The molecule has 4 heteroatoms. The Balaban J connectivity index is 2.27. The fraction of sp³-hybridized carbons (Fsp3) is 0.562. The van der Waals surface area contributed by atoms with E-state index in [1.165, 1.54) is 0 Å². The van der Waals surface area contributed by atoms with Gasteiger partial charge in [0.1, 0.15) is 5.60 Å². The Labute approximate surface area is 120 Å². The summed E-state index contributed by atoms with van der Waals surface area (Å²) in [6.45, 7) is 6.75. The van der Waals surface area contributed by atoms with Crippen LogP contribution in [0.5, 0.6) is 11.5 Å². The minimum atomic E-state index is -0.556. The maximum Gasteiger partial charge on any atom is 0.306 e. The van der Waals surface area contributed by atoms with Gasteiger partial charge < -0.3 is 14.2 Å². The molecule has 2 rings (SSSR count). The molecule has 1 fully saturated rings. The Morgan fingerprint density at radius 1 is 1.35 bits per heavy atom. The van der Waals surface area contributed by atoms with Crippen LogP contribution in [0.15, 0.2) is 18.2 Å². The van der Waals surface area contributed by atoms with E-state index in [0.29, 0.717) is 36.9 Å². The van der Waals surface area contributed by atoms with Gasteiger partial charge in [-0.25, -0.2) is 0 Å². The molecular formula is C16H22O4. The van der Waals surface area contributed by atoms with Crippen LogP contribution >= 0.6 is 0 Å². The van der Waals surface area contributed by atoms with Gasteiger partial charge in [0.15, 0.2) is 11.5 Å². The summed E-state index contributed by atoms with van der Waals surface area (Å²) < 4.78 is 16.6. The first-order chi connectivity index (χ1) is 9.44. The summed E-state index contributed by atoms with van der Waals surface area (Å²) in [6.07, 6.45) is 1.16. The van der Waals surface area contributed by atoms with E-state index in [0.717, 1.165) is 5.56 Å². The van der Waals surface area contributed by atoms with Crippen LogP contribution in [0.3, 0.4) is 0 Å². The Kier molecular flexibility index (Phi) is 4.21. The number of methoxy groups -OCH3 is 1. The number of benzene rings is 1. The number of cyclic esters (lactones) is 1. The molecule has 0 aromatic heterocycles. The summed E-state index contributed by atoms with van der Waals surface area (Å²) in [5.41, 5.74) is 0.391. The van der Waals surface area contributed by atoms with Crippen LogP contribution in [0.1, 0.15) is 39.2 Å². The van der Waals surface area contributed by atoms with Crippen LogP contribution < -0.4 is 9.47 Å². The van der Waals surface area contributed by atoms with E-state index < -0.39 is 5.60 Å². The molecule has 4 nitrogen and oxygen atoms in total. The maximum atomic E-state index is 11.4. The zero-order valence-electron chi connectivity index (χ0n) is 12.6. The van der Waals surface area contributed by atoms with Crippen molar-refractivity contribution in [2.45, 2.75) is 39.2 Å². The number of carbonyl (C=O) groups excluding carboxylic acids is 1. The molecular weight excluding hydrogens is 256 g/mol. The number of hydrogen-bond acceptors (Lipinski definition) is 4. The standard InChI is InChI=1S/C16H22O4/c1-11(2)10-19-14-9-12(5-6-13(14)18-4)16(3)8-7-15(17)20-16/h5-6,9,11H,7-8,10H2,1-4H3/t16-/m1/s1. The zero-order chi connectivity index (χ0) is 14.8. The smallest absolute Gasteiger partial charge is 0.306 e. The fourth-order valence-corrected chi connectivity index (χ4v) is 2.27. The predicted octanol–water partition coefficient (Wildman–Crippen LogP) is 3.28. The average Bonchev–Trinajstić information content (AvgIpc) is 2.77. The second kappa shape index (κ2) is 5.73. The maximum absolute atomic E-state index is 11.4. The van der Waals surface area contributed by atoms with Gasteiger partial charge in [0, 0.05) is 12.8 Å². The van der Waals surface area contributed by atoms with Crippen LogP contribution in [0.2, 0.25) is 0 Å². The van der Waals surface area contributed by atoms with Crippen molar-refractivity contribution in [3.05, 3.63) is 23.8 Å². The fourth-order valence-electron chi connectivity index (χ4n) is 2.27. The Hall–Kier alpha value is -1.71. The van der Waals surface area contributed by atoms with Crippen molar-refractivity contribution < 1.29 is 19.0 Å². The highest BCUT2D eigenvalue weighted by molar-refractivity contribution is 5.72. The van der Waals surface area contributed by atoms with Crippen molar-refractivity contribution in [1.29, 1.82) is 0 Å². The lowest BCUT2D eigenvalue weighted by atomic mass is 9.92. The van der Waals surface area contributed by atoms with Gasteiger partial charge in [-0.1, -0.05) is 19.9 Å². The number of ether oxygens (including phenoxy) is 3. The van der Waals surface area contributed by atoms with E-state index >= 15 is 0 Å². The molecule has 1 saturated heterocycles. The molecule has 1 atom stereocenters. The van der Waals surface area contributed by atoms with Gasteiger partial charge >= 0.3 is 5.97 Å². The van der Waals surface area contributed by atoms with E-state index in [2.05, 4.69) is 13.8 Å². The topological polar surface area (TPSA) is 44.8 Å². The number of rotatable bonds is 5. The predicted molar refractivity (Wildman–Crippen MR) is 76.0 cm³/mol. The van der Waals surface area contributed by atoms with E-state index in [4.69, 9.17) is 14.2 Å². The second-order valence-electron chi connectivity index (χ2n) is 5.78. The van der Waals surface area contributed by atoms with E-state index in [9.17, 15) is 4.79 Å². The van der Waals surface area contributed by atoms with Crippen LogP contribution in [0.25, 0.3) is 0 Å². The van der Waals surface area contributed by atoms with Crippen molar-refractivity contribution >= 4 is 5.97 Å². The summed E-state index contributed by atoms with van der Waals surface area (Å²) in [5.74, 6) is 1.68. The van der Waals surface area contributed by atoms with Gasteiger partial charge in [-0.15, -0.1) is 0 Å². The van der Waals surface area contributed by atoms with E-state index in [1.54, 1.807) is 7.11 Å². The molecule has 0 spiro atoms. The molecule has 1 aromatic carbocycles. The third-order valence-corrected chi connectivity index (χ3v) is 3.49. The third-order valence-electron chi connectivity index (χ3n) is 3.49. The summed E-state index contributed by atoms with van der Waals surface area (Å²) in [6, 6.07) is 5.71. The number of hydrogen-bond donors (Lipinski definition) is 0. The SMILES string of the molecule is COc1ccc([C@@]2(C)CCC(=O)O2)cc1OCC(C)C. The first kappa shape index (κ1) is 14.7. The van der Waals surface area contributed by atoms with Crippen molar-refractivity contribution in [3.63, 3.8) is 0 Å². The Morgan fingerprint density at radius 2 is 2.10 bits per heavy atom. The van der Waals surface area contributed by atoms with Crippen molar-refractivity contribution in [2.75, 3.05) is 13.7 Å². The molecule has 0 radical (unpaired) electrons. The summed E-state index contributed by atoms with van der Waals surface area (Å²) in [7, 11) is 1.62. The van der Waals surface area contributed by atoms with Crippen LogP contribution in [0, 0.1) is 5.92 Å². The van der Waals surface area contributed by atoms with Crippen molar-refractivity contribution in [1.82, 2.24) is 0 Å². The molecule has 0 aliphatic carbocycles. The summed E-state index contributed by atoms with van der Waals surface area (Å²) in [5, 5.41) is 0. The number of esters is 1. The lowest BCUT2D eigenvalue weighted by Crippen LogP contribution is -2.21. The van der Waals surface area contributed by atoms with Gasteiger partial charge in [-0.05, 0) is 30.5 Å². The molecule has 0 amide bonds. The summed E-state index contributed by atoms with van der Waals surface area (Å²) in [4.78, 5) is 11.4. The van der Waals surface area contributed by atoms with Crippen molar-refractivity contribution in [2.24, 2.45) is 5.92 Å². The highest BCUT2D eigenvalue weighted by Gasteiger charge is 2.37. The first-order valence-corrected chi connectivity index (χ1v) is 6.98. The quantitative estimate of drug-likeness (QED) is 0.775. The normalized spacial score (nSPS) is 21.9. The minimum absolute atomic E-state index is 0.145. The summed E-state index contributed by atoms with van der Waals surface area (Å²) >= 11 is 0. The van der Waals surface area contributed by atoms with Gasteiger partial charge in [-0.2, -0.15) is 0 Å². The van der Waals surface area contributed by atoms with Crippen molar-refractivity contribution in [3.8, 4) is 11.5 Å². The molecule has 1 aromatic rings. The van der Waals surface area contributed by atoms with Gasteiger partial charge in [0.25, 0.3) is 0 Å². The highest BCUT2D eigenvalue weighted by Crippen LogP contribution is 2.40. The average molecular weight is 278 g/mol. The van der Waals surface area contributed by atoms with Crippen LogP contribution in [-0.4, -0.2) is 19.7 Å². The third kappa shape index (κ3) is 3.06. The molecule has 0 saturated carbocycles. The Morgan fingerprint density at radius 3 is 2.65 bits per heavy atom. The van der Waals surface area contributed by atoms with Crippen LogP contribution in [0.4, 0.5) is 0 Å². The Bertz CT molecular complexity index is 495. The molecule has 110 valence electrons. The minimum Gasteiger partial charge on any atom is -0.493 e. The molecule has 1 aliphatic heterocycles. The second-order valence-corrected chi connectivity index (χ2v) is 5.78.